The highest BCUT2D eigenvalue weighted by Crippen LogP contribution is 2.38. The van der Waals surface area contributed by atoms with Gasteiger partial charge in [0.25, 0.3) is 0 Å². The van der Waals surface area contributed by atoms with Crippen molar-refractivity contribution < 1.29 is 14.2 Å². The molecule has 26 heavy (non-hydrogen) atoms. The lowest BCUT2D eigenvalue weighted by Crippen LogP contribution is -2.42. The van der Waals surface area contributed by atoms with E-state index in [-0.39, 0.29) is 0 Å². The summed E-state index contributed by atoms with van der Waals surface area (Å²) in [5.74, 6) is 2.64. The molecule has 0 fully saturated rings. The zero-order valence-electron chi connectivity index (χ0n) is 17.2. The number of aliphatic imine (C=N–C) groups is 1. The van der Waals surface area contributed by atoms with Crippen molar-refractivity contribution in [1.29, 1.82) is 0 Å². The third-order valence-electron chi connectivity index (χ3n) is 4.13. The number of benzene rings is 1. The molecular weight excluding hydrogens is 332 g/mol. The molecule has 148 valence electrons. The van der Waals surface area contributed by atoms with E-state index in [0.717, 1.165) is 31.2 Å². The van der Waals surface area contributed by atoms with E-state index < -0.39 is 0 Å². The van der Waals surface area contributed by atoms with Crippen molar-refractivity contribution in [3.8, 4) is 17.2 Å². The van der Waals surface area contributed by atoms with Crippen LogP contribution in [0, 0.1) is 0 Å². The molecule has 0 bridgehead atoms. The Kier molecular flexibility index (Phi) is 9.65. The summed E-state index contributed by atoms with van der Waals surface area (Å²) in [5.41, 5.74) is 0.982. The minimum Gasteiger partial charge on any atom is -0.493 e. The molecule has 0 saturated heterocycles. The zero-order chi connectivity index (χ0) is 19.5. The lowest BCUT2D eigenvalue weighted by molar-refractivity contribution is 0.278. The van der Waals surface area contributed by atoms with E-state index in [2.05, 4.69) is 48.3 Å². The van der Waals surface area contributed by atoms with Crippen molar-refractivity contribution in [3.05, 3.63) is 17.7 Å². The normalized spacial score (nSPS) is 11.7. The summed E-state index contributed by atoms with van der Waals surface area (Å²) in [4.78, 5) is 6.94. The highest BCUT2D eigenvalue weighted by atomic mass is 16.5. The number of rotatable bonds is 10. The number of hydrogen-bond acceptors (Lipinski definition) is 5. The van der Waals surface area contributed by atoms with Crippen LogP contribution in [0.2, 0.25) is 0 Å². The lowest BCUT2D eigenvalue weighted by atomic mass is 10.2. The average molecular weight is 367 g/mol. The summed E-state index contributed by atoms with van der Waals surface area (Å²) >= 11 is 0. The molecule has 0 spiro atoms. The summed E-state index contributed by atoms with van der Waals surface area (Å²) in [6.45, 7) is 9.51. The Morgan fingerprint density at radius 2 is 1.69 bits per heavy atom. The van der Waals surface area contributed by atoms with Crippen LogP contribution >= 0.6 is 0 Å². The summed E-state index contributed by atoms with van der Waals surface area (Å²) in [7, 11) is 6.94. The van der Waals surface area contributed by atoms with Crippen molar-refractivity contribution in [2.45, 2.75) is 33.4 Å². The molecular formula is C19H34N4O3. The molecule has 0 saturated carbocycles. The molecule has 2 N–H and O–H groups in total. The highest BCUT2D eigenvalue weighted by Gasteiger charge is 2.13. The van der Waals surface area contributed by atoms with E-state index in [1.165, 1.54) is 0 Å². The monoisotopic (exact) mass is 366 g/mol. The fourth-order valence-corrected chi connectivity index (χ4v) is 2.35. The first-order valence-corrected chi connectivity index (χ1v) is 8.98. The van der Waals surface area contributed by atoms with Gasteiger partial charge in [-0.1, -0.05) is 0 Å². The van der Waals surface area contributed by atoms with Crippen molar-refractivity contribution in [2.75, 3.05) is 48.0 Å². The van der Waals surface area contributed by atoms with Crippen molar-refractivity contribution in [1.82, 2.24) is 15.5 Å². The Balaban J connectivity index is 2.82. The van der Waals surface area contributed by atoms with Gasteiger partial charge >= 0.3 is 0 Å². The minimum absolute atomic E-state index is 0.506. The second-order valence-corrected chi connectivity index (χ2v) is 6.23. The molecule has 0 atom stereocenters. The molecule has 0 amide bonds. The zero-order valence-corrected chi connectivity index (χ0v) is 17.2. The molecule has 1 aromatic carbocycles. The predicted octanol–water partition coefficient (Wildman–Crippen LogP) is 2.11. The molecule has 1 aromatic rings. The van der Waals surface area contributed by atoms with E-state index >= 15 is 0 Å². The largest absolute Gasteiger partial charge is 0.493 e. The number of hydrogen-bond donors (Lipinski definition) is 2. The van der Waals surface area contributed by atoms with E-state index in [0.29, 0.717) is 29.8 Å². The summed E-state index contributed by atoms with van der Waals surface area (Å²) in [6.07, 6.45) is 0. The standard InChI is InChI=1S/C19H34N4O3/c1-8-20-19(21-9-10-23(4)14(2)3)22-13-15-11-16(24-5)18(26-7)17(12-15)25-6/h11-12,14H,8-10,13H2,1-7H3,(H2,20,21,22). The van der Waals surface area contributed by atoms with E-state index in [9.17, 15) is 0 Å². The second-order valence-electron chi connectivity index (χ2n) is 6.23. The highest BCUT2D eigenvalue weighted by molar-refractivity contribution is 5.79. The van der Waals surface area contributed by atoms with E-state index in [4.69, 9.17) is 14.2 Å². The van der Waals surface area contributed by atoms with Gasteiger partial charge in [0.15, 0.2) is 17.5 Å². The lowest BCUT2D eigenvalue weighted by Gasteiger charge is -2.21. The Morgan fingerprint density at radius 1 is 1.08 bits per heavy atom. The van der Waals surface area contributed by atoms with Gasteiger partial charge in [-0.25, -0.2) is 4.99 Å². The SMILES string of the molecule is CCNC(=NCc1cc(OC)c(OC)c(OC)c1)NCCN(C)C(C)C. The van der Waals surface area contributed by atoms with Gasteiger partial charge in [-0.3, -0.25) is 0 Å². The molecule has 0 unspecified atom stereocenters. The van der Waals surface area contributed by atoms with Gasteiger partial charge < -0.3 is 29.7 Å². The Morgan fingerprint density at radius 3 is 2.15 bits per heavy atom. The molecule has 0 radical (unpaired) electrons. The van der Waals surface area contributed by atoms with Crippen LogP contribution in [0.15, 0.2) is 17.1 Å². The van der Waals surface area contributed by atoms with Crippen molar-refractivity contribution in [2.24, 2.45) is 4.99 Å². The molecule has 0 aliphatic carbocycles. The summed E-state index contributed by atoms with van der Waals surface area (Å²) < 4.78 is 16.2. The molecule has 7 heteroatoms. The molecule has 0 aliphatic rings. The topological polar surface area (TPSA) is 67.4 Å². The van der Waals surface area contributed by atoms with Crippen molar-refractivity contribution >= 4 is 5.96 Å². The number of guanidine groups is 1. The molecule has 7 nitrogen and oxygen atoms in total. The first kappa shape index (κ1) is 21.9. The van der Waals surface area contributed by atoms with Crippen LogP contribution in [-0.4, -0.2) is 64.9 Å². The van der Waals surface area contributed by atoms with Gasteiger partial charge in [0, 0.05) is 25.7 Å². The number of nitrogens with zero attached hydrogens (tertiary/aromatic N) is 2. The van der Waals surface area contributed by atoms with Gasteiger partial charge in [0.1, 0.15) is 0 Å². The van der Waals surface area contributed by atoms with Crippen LogP contribution in [0.5, 0.6) is 17.2 Å². The Hall–Kier alpha value is -2.15. The average Bonchev–Trinajstić information content (AvgIpc) is 2.64. The number of likely N-dealkylation sites (N-methyl/N-ethyl adjacent to an activating group) is 1. The molecule has 0 aliphatic heterocycles. The fourth-order valence-electron chi connectivity index (χ4n) is 2.35. The van der Waals surface area contributed by atoms with Gasteiger partial charge in [-0.15, -0.1) is 0 Å². The third kappa shape index (κ3) is 6.63. The van der Waals surface area contributed by atoms with E-state index in [1.807, 2.05) is 12.1 Å². The summed E-state index contributed by atoms with van der Waals surface area (Å²) in [6, 6.07) is 4.36. The maximum Gasteiger partial charge on any atom is 0.203 e. The van der Waals surface area contributed by atoms with Gasteiger partial charge in [0.05, 0.1) is 27.9 Å². The number of ether oxygens (including phenoxy) is 3. The van der Waals surface area contributed by atoms with Crippen LogP contribution in [0.25, 0.3) is 0 Å². The molecule has 1 rings (SSSR count). The maximum atomic E-state index is 5.40. The first-order valence-electron chi connectivity index (χ1n) is 8.98. The third-order valence-corrected chi connectivity index (χ3v) is 4.13. The summed E-state index contributed by atoms with van der Waals surface area (Å²) in [5, 5.41) is 6.64. The van der Waals surface area contributed by atoms with Gasteiger partial charge in [0.2, 0.25) is 5.75 Å². The second kappa shape index (κ2) is 11.5. The predicted molar refractivity (Wildman–Crippen MR) is 107 cm³/mol. The smallest absolute Gasteiger partial charge is 0.203 e. The molecule has 0 heterocycles. The quantitative estimate of drug-likeness (QED) is 0.488. The Labute approximate surface area is 157 Å². The van der Waals surface area contributed by atoms with Gasteiger partial charge in [-0.2, -0.15) is 0 Å². The first-order chi connectivity index (χ1) is 12.5. The van der Waals surface area contributed by atoms with Crippen LogP contribution < -0.4 is 24.8 Å². The number of nitrogens with one attached hydrogen (secondary N) is 2. The van der Waals surface area contributed by atoms with Crippen LogP contribution in [0.3, 0.4) is 0 Å². The van der Waals surface area contributed by atoms with Gasteiger partial charge in [-0.05, 0) is 45.5 Å². The van der Waals surface area contributed by atoms with Crippen molar-refractivity contribution in [3.63, 3.8) is 0 Å². The maximum absolute atomic E-state index is 5.40. The molecule has 0 aromatic heterocycles. The van der Waals surface area contributed by atoms with Crippen LogP contribution in [-0.2, 0) is 6.54 Å². The fraction of sp³-hybridized carbons (Fsp3) is 0.632. The number of methoxy groups -OCH3 is 3. The Bertz CT molecular complexity index is 551. The van der Waals surface area contributed by atoms with E-state index in [1.54, 1.807) is 21.3 Å². The minimum atomic E-state index is 0.506. The van der Waals surface area contributed by atoms with Crippen LogP contribution in [0.4, 0.5) is 0 Å². The van der Waals surface area contributed by atoms with Crippen LogP contribution in [0.1, 0.15) is 26.3 Å².